The lowest BCUT2D eigenvalue weighted by Crippen LogP contribution is -2.56. The summed E-state index contributed by atoms with van der Waals surface area (Å²) < 4.78 is 55.6. The number of rotatable bonds is 7. The Morgan fingerprint density at radius 1 is 1.10 bits per heavy atom. The van der Waals surface area contributed by atoms with Crippen LogP contribution in [0.25, 0.3) is 11.3 Å². The Morgan fingerprint density at radius 3 is 2.38 bits per heavy atom. The van der Waals surface area contributed by atoms with Gasteiger partial charge >= 0.3 is 0 Å². The van der Waals surface area contributed by atoms with Crippen LogP contribution in [-0.4, -0.2) is 68.9 Å². The summed E-state index contributed by atoms with van der Waals surface area (Å²) in [6, 6.07) is 2.39. The van der Waals surface area contributed by atoms with Gasteiger partial charge in [-0.1, -0.05) is 37.7 Å². The fourth-order valence-corrected chi connectivity index (χ4v) is 6.43. The first-order valence-electron chi connectivity index (χ1n) is 12.2. The molecule has 39 heavy (non-hydrogen) atoms. The van der Waals surface area contributed by atoms with E-state index in [1.54, 1.807) is 12.4 Å². The topological polar surface area (TPSA) is 103 Å². The van der Waals surface area contributed by atoms with Crippen LogP contribution in [-0.2, 0) is 9.16 Å². The third-order valence-corrected chi connectivity index (χ3v) is 13.2. The van der Waals surface area contributed by atoms with Crippen LogP contribution in [0.2, 0.25) is 18.1 Å². The average Bonchev–Trinajstić information content (AvgIpc) is 3.32. The van der Waals surface area contributed by atoms with Crippen LogP contribution >= 0.6 is 27.7 Å². The van der Waals surface area contributed by atoms with Gasteiger partial charge in [0.15, 0.2) is 25.8 Å². The van der Waals surface area contributed by atoms with Crippen LogP contribution in [0.15, 0.2) is 46.2 Å². The fourth-order valence-electron chi connectivity index (χ4n) is 3.82. The highest BCUT2D eigenvalue weighted by molar-refractivity contribution is 9.10. The molecule has 1 aliphatic heterocycles. The van der Waals surface area contributed by atoms with Crippen molar-refractivity contribution in [2.24, 2.45) is 0 Å². The van der Waals surface area contributed by atoms with Crippen LogP contribution in [0.5, 0.6) is 0 Å². The normalized spacial score (nSPS) is 24.2. The van der Waals surface area contributed by atoms with E-state index in [1.807, 2.05) is 6.07 Å². The van der Waals surface area contributed by atoms with E-state index >= 15 is 0 Å². The molecule has 0 spiro atoms. The lowest BCUT2D eigenvalue weighted by molar-refractivity contribution is -0.177. The van der Waals surface area contributed by atoms with Crippen molar-refractivity contribution in [3.63, 3.8) is 0 Å². The number of hydrogen-bond acceptors (Lipinski definition) is 8. The third-order valence-electron chi connectivity index (χ3n) is 7.11. The average molecular weight is 648 g/mol. The maximum absolute atomic E-state index is 13.8. The molecule has 2 N–H and O–H groups in total. The van der Waals surface area contributed by atoms with Gasteiger partial charge in [-0.2, -0.15) is 0 Å². The number of pyridine rings is 1. The second kappa shape index (κ2) is 11.6. The molecule has 2 aromatic heterocycles. The Bertz CT molecular complexity index is 1310. The van der Waals surface area contributed by atoms with Gasteiger partial charge < -0.3 is 19.4 Å². The minimum Gasteiger partial charge on any atom is -0.414 e. The van der Waals surface area contributed by atoms with Crippen LogP contribution in [0.1, 0.15) is 26.8 Å². The van der Waals surface area contributed by atoms with Crippen LogP contribution in [0.4, 0.5) is 13.2 Å². The standard InChI is InChI=1S/C25H30BrF3N4O4SSi/c1-25(2,3)39(4,5)36-12-19-22(34)21(23(35)24(37-19)38-15-8-14(26)9-30-10-15)33-11-18(31-32-33)13-6-16(27)20(29)17(28)7-13/h6-11,19,21-24,34-35H,12H2,1-5H3/t19?,21-,22-,23?,24+/m0/s1. The molecular weight excluding hydrogens is 617 g/mol. The number of thioether (sulfide) groups is 1. The molecule has 0 saturated carbocycles. The Labute approximate surface area is 238 Å². The van der Waals surface area contributed by atoms with Gasteiger partial charge in [0.05, 0.1) is 12.8 Å². The zero-order valence-electron chi connectivity index (χ0n) is 22.0. The van der Waals surface area contributed by atoms with Gasteiger partial charge in [-0.15, -0.1) is 5.10 Å². The van der Waals surface area contributed by atoms with Gasteiger partial charge in [-0.3, -0.25) is 4.98 Å². The number of nitrogens with zero attached hydrogens (tertiary/aromatic N) is 4. The van der Waals surface area contributed by atoms with E-state index in [4.69, 9.17) is 9.16 Å². The lowest BCUT2D eigenvalue weighted by atomic mass is 9.97. The fraction of sp³-hybridized carbons (Fsp3) is 0.480. The van der Waals surface area contributed by atoms with Crippen LogP contribution in [0, 0.1) is 17.5 Å². The number of aliphatic hydroxyl groups is 2. The molecule has 0 aliphatic carbocycles. The first-order chi connectivity index (χ1) is 18.2. The van der Waals surface area contributed by atoms with E-state index in [1.165, 1.54) is 22.6 Å². The van der Waals surface area contributed by atoms with Crippen LogP contribution < -0.4 is 0 Å². The minimum atomic E-state index is -2.21. The molecule has 0 amide bonds. The monoisotopic (exact) mass is 646 g/mol. The molecule has 1 aliphatic rings. The number of benzene rings is 1. The first-order valence-corrected chi connectivity index (χ1v) is 16.8. The van der Waals surface area contributed by atoms with E-state index in [9.17, 15) is 23.4 Å². The van der Waals surface area contributed by atoms with Gasteiger partial charge in [0, 0.05) is 27.3 Å². The summed E-state index contributed by atoms with van der Waals surface area (Å²) in [5, 5.41) is 30.6. The third kappa shape index (κ3) is 6.58. The predicted molar refractivity (Wildman–Crippen MR) is 146 cm³/mol. The summed E-state index contributed by atoms with van der Waals surface area (Å²) >= 11 is 4.60. The molecule has 3 heterocycles. The molecule has 5 atom stereocenters. The van der Waals surface area contributed by atoms with E-state index in [2.05, 4.69) is 65.1 Å². The van der Waals surface area contributed by atoms with Crippen molar-refractivity contribution in [2.45, 2.75) is 73.6 Å². The zero-order chi connectivity index (χ0) is 28.7. The molecule has 0 bridgehead atoms. The Hall–Kier alpha value is -1.81. The van der Waals surface area contributed by atoms with E-state index in [0.717, 1.165) is 16.6 Å². The van der Waals surface area contributed by atoms with Gasteiger partial charge in [-0.05, 0) is 52.3 Å². The minimum absolute atomic E-state index is 0.0353. The number of ether oxygens (including phenoxy) is 1. The summed E-state index contributed by atoms with van der Waals surface area (Å²) in [6.07, 6.45) is 1.21. The predicted octanol–water partition coefficient (Wildman–Crippen LogP) is 5.32. The smallest absolute Gasteiger partial charge is 0.194 e. The molecule has 0 radical (unpaired) electrons. The van der Waals surface area contributed by atoms with Crippen molar-refractivity contribution >= 4 is 36.0 Å². The number of hydrogen-bond donors (Lipinski definition) is 2. The number of aliphatic hydroxyl groups excluding tert-OH is 2. The van der Waals surface area contributed by atoms with Gasteiger partial charge in [0.2, 0.25) is 0 Å². The van der Waals surface area contributed by atoms with Crippen molar-refractivity contribution in [3.05, 3.63) is 58.7 Å². The van der Waals surface area contributed by atoms with Crippen molar-refractivity contribution in [1.29, 1.82) is 0 Å². The Balaban J connectivity index is 1.65. The van der Waals surface area contributed by atoms with Gasteiger partial charge in [0.25, 0.3) is 0 Å². The Morgan fingerprint density at radius 2 is 1.77 bits per heavy atom. The van der Waals surface area contributed by atoms with Gasteiger partial charge in [0.1, 0.15) is 35.5 Å². The highest BCUT2D eigenvalue weighted by atomic mass is 79.9. The SMILES string of the molecule is CC(C)(C)[Si](C)(C)OCC1O[C@H](Sc2cncc(Br)c2)C(O)[C@@H](n2cc(-c3cc(F)c(F)c(F)c3)nn2)[C@H]1O. The van der Waals surface area contributed by atoms with Crippen molar-refractivity contribution < 1.29 is 32.5 Å². The summed E-state index contributed by atoms with van der Waals surface area (Å²) in [7, 11) is -2.21. The zero-order valence-corrected chi connectivity index (χ0v) is 25.4. The van der Waals surface area contributed by atoms with Crippen molar-refractivity contribution in [1.82, 2.24) is 20.0 Å². The van der Waals surface area contributed by atoms with E-state index < -0.39 is 55.6 Å². The molecule has 4 rings (SSSR count). The molecule has 1 fully saturated rings. The maximum Gasteiger partial charge on any atom is 0.194 e. The summed E-state index contributed by atoms with van der Waals surface area (Å²) in [5.74, 6) is -4.33. The molecule has 212 valence electrons. The van der Waals surface area contributed by atoms with Crippen molar-refractivity contribution in [2.75, 3.05) is 6.61 Å². The Kier molecular flexibility index (Phi) is 8.96. The number of aromatic nitrogens is 4. The molecular formula is C25H30BrF3N4O4SSi. The highest BCUT2D eigenvalue weighted by Crippen LogP contribution is 2.41. The highest BCUT2D eigenvalue weighted by Gasteiger charge is 2.48. The molecule has 3 aromatic rings. The first kappa shape index (κ1) is 30.2. The largest absolute Gasteiger partial charge is 0.414 e. The van der Waals surface area contributed by atoms with Crippen LogP contribution in [0.3, 0.4) is 0 Å². The van der Waals surface area contributed by atoms with E-state index in [-0.39, 0.29) is 22.9 Å². The molecule has 1 aromatic carbocycles. The molecule has 2 unspecified atom stereocenters. The molecule has 14 heteroatoms. The van der Waals surface area contributed by atoms with Crippen molar-refractivity contribution in [3.8, 4) is 11.3 Å². The summed E-state index contributed by atoms with van der Waals surface area (Å²) in [6.45, 7) is 10.5. The van der Waals surface area contributed by atoms with Gasteiger partial charge in [-0.25, -0.2) is 17.9 Å². The second-order valence-electron chi connectivity index (χ2n) is 10.9. The molecule has 1 saturated heterocycles. The number of halogens is 4. The summed E-state index contributed by atoms with van der Waals surface area (Å²) in [4.78, 5) is 4.86. The maximum atomic E-state index is 13.8. The van der Waals surface area contributed by atoms with E-state index in [0.29, 0.717) is 4.90 Å². The summed E-state index contributed by atoms with van der Waals surface area (Å²) in [5.41, 5.74) is -0.860. The second-order valence-corrected chi connectivity index (χ2v) is 17.8. The quantitative estimate of drug-likeness (QED) is 0.263. The molecule has 8 nitrogen and oxygen atoms in total. The lowest BCUT2D eigenvalue weighted by Gasteiger charge is -2.44.